The fourth-order valence-electron chi connectivity index (χ4n) is 4.27. The zero-order valence-corrected chi connectivity index (χ0v) is 24.5. The summed E-state index contributed by atoms with van der Waals surface area (Å²) in [5, 5.41) is 0. The molecule has 0 bridgehead atoms. The molecule has 0 radical (unpaired) electrons. The largest absolute Gasteiger partial charge is 0.490 e. The number of methoxy groups -OCH3 is 1. The lowest BCUT2D eigenvalue weighted by atomic mass is 9.95. The molecule has 0 N–H and O–H groups in total. The first kappa shape index (κ1) is 28.3. The smallest absolute Gasteiger partial charge is 0.338 e. The maximum Gasteiger partial charge on any atom is 0.338 e. The van der Waals surface area contributed by atoms with Gasteiger partial charge in [0.1, 0.15) is 5.75 Å². The summed E-state index contributed by atoms with van der Waals surface area (Å²) < 4.78 is 24.5. The van der Waals surface area contributed by atoms with Gasteiger partial charge in [-0.1, -0.05) is 33.3 Å². The highest BCUT2D eigenvalue weighted by molar-refractivity contribution is 9.10. The number of nitrogens with zero attached hydrogens (tertiary/aromatic N) is 2. The zero-order chi connectivity index (χ0) is 28.3. The molecule has 0 saturated carbocycles. The Balaban J connectivity index is 1.97. The number of carbonyl (C=O) groups is 2. The molecule has 0 fully saturated rings. The van der Waals surface area contributed by atoms with Crippen molar-refractivity contribution in [1.82, 2.24) is 4.57 Å². The third-order valence-electron chi connectivity index (χ3n) is 5.82. The number of carbonyl (C=O) groups excluding carboxylic acids is 2. The SMILES string of the molecule is CCOc1ccc(C2C(C(=O)OC)=C(C)N=c3s/c(=C\c4cc(Br)ccc4OC(C)=O)c(=O)n32)cc1OCC. The van der Waals surface area contributed by atoms with Crippen LogP contribution in [0.1, 0.15) is 44.9 Å². The van der Waals surface area contributed by atoms with E-state index in [2.05, 4.69) is 20.9 Å². The molecule has 0 amide bonds. The van der Waals surface area contributed by atoms with Gasteiger partial charge in [-0.25, -0.2) is 9.79 Å². The van der Waals surface area contributed by atoms with Crippen molar-refractivity contribution in [2.75, 3.05) is 20.3 Å². The van der Waals surface area contributed by atoms with Crippen LogP contribution in [0.25, 0.3) is 6.08 Å². The van der Waals surface area contributed by atoms with Crippen LogP contribution in [-0.4, -0.2) is 36.8 Å². The summed E-state index contributed by atoms with van der Waals surface area (Å²) in [6.45, 7) is 7.61. The third-order valence-corrected chi connectivity index (χ3v) is 7.30. The van der Waals surface area contributed by atoms with E-state index < -0.39 is 18.0 Å². The van der Waals surface area contributed by atoms with Gasteiger partial charge in [-0.2, -0.15) is 0 Å². The second-order valence-corrected chi connectivity index (χ2v) is 10.3. The van der Waals surface area contributed by atoms with Crippen LogP contribution in [0.4, 0.5) is 0 Å². The molecule has 2 heterocycles. The molecule has 0 spiro atoms. The van der Waals surface area contributed by atoms with E-state index in [1.54, 1.807) is 49.4 Å². The normalized spacial score (nSPS) is 14.9. The van der Waals surface area contributed by atoms with Gasteiger partial charge in [0.15, 0.2) is 16.3 Å². The van der Waals surface area contributed by atoms with E-state index in [0.29, 0.717) is 56.6 Å². The highest BCUT2D eigenvalue weighted by atomic mass is 79.9. The number of rotatable bonds is 8. The molecule has 0 aliphatic carbocycles. The van der Waals surface area contributed by atoms with Gasteiger partial charge in [0.2, 0.25) is 0 Å². The van der Waals surface area contributed by atoms with E-state index >= 15 is 0 Å². The lowest BCUT2D eigenvalue weighted by molar-refractivity contribution is -0.136. The summed E-state index contributed by atoms with van der Waals surface area (Å²) in [5.74, 6) is 0.299. The number of fused-ring (bicyclic) bond motifs is 1. The molecule has 204 valence electrons. The summed E-state index contributed by atoms with van der Waals surface area (Å²) in [7, 11) is 1.29. The molecule has 0 saturated heterocycles. The lowest BCUT2D eigenvalue weighted by Crippen LogP contribution is -2.39. The Morgan fingerprint density at radius 1 is 1.08 bits per heavy atom. The number of benzene rings is 2. The average molecular weight is 616 g/mol. The van der Waals surface area contributed by atoms with Crippen molar-refractivity contribution in [3.63, 3.8) is 0 Å². The molecule has 2 aromatic carbocycles. The van der Waals surface area contributed by atoms with E-state index in [1.807, 2.05) is 13.8 Å². The van der Waals surface area contributed by atoms with E-state index in [0.717, 1.165) is 4.47 Å². The molecule has 3 aromatic rings. The Bertz CT molecular complexity index is 1650. The highest BCUT2D eigenvalue weighted by Crippen LogP contribution is 2.36. The number of aromatic nitrogens is 1. The Hall–Kier alpha value is -3.70. The number of esters is 2. The van der Waals surface area contributed by atoms with Crippen LogP contribution in [0.15, 0.2) is 61.9 Å². The second-order valence-electron chi connectivity index (χ2n) is 8.42. The summed E-state index contributed by atoms with van der Waals surface area (Å²) in [4.78, 5) is 43.5. The van der Waals surface area contributed by atoms with Crippen molar-refractivity contribution in [3.8, 4) is 17.2 Å². The number of hydrogen-bond acceptors (Lipinski definition) is 9. The topological polar surface area (TPSA) is 105 Å². The van der Waals surface area contributed by atoms with Gasteiger partial charge in [-0.3, -0.25) is 14.2 Å². The van der Waals surface area contributed by atoms with E-state index in [1.165, 1.54) is 29.9 Å². The van der Waals surface area contributed by atoms with Crippen LogP contribution >= 0.6 is 27.3 Å². The van der Waals surface area contributed by atoms with E-state index in [9.17, 15) is 14.4 Å². The van der Waals surface area contributed by atoms with Crippen molar-refractivity contribution in [1.29, 1.82) is 0 Å². The van der Waals surface area contributed by atoms with Crippen LogP contribution in [0.3, 0.4) is 0 Å². The van der Waals surface area contributed by atoms with Gasteiger partial charge < -0.3 is 18.9 Å². The van der Waals surface area contributed by atoms with Crippen LogP contribution in [-0.2, 0) is 14.3 Å². The Kier molecular flexibility index (Phi) is 8.71. The number of ether oxygens (including phenoxy) is 4. The number of halogens is 1. The molecule has 4 rings (SSSR count). The Labute approximate surface area is 237 Å². The van der Waals surface area contributed by atoms with Crippen LogP contribution in [0.5, 0.6) is 17.2 Å². The Morgan fingerprint density at radius 3 is 2.44 bits per heavy atom. The van der Waals surface area contributed by atoms with Gasteiger partial charge in [0.05, 0.1) is 42.2 Å². The highest BCUT2D eigenvalue weighted by Gasteiger charge is 2.33. The quantitative estimate of drug-likeness (QED) is 0.280. The summed E-state index contributed by atoms with van der Waals surface area (Å²) in [6.07, 6.45) is 1.64. The zero-order valence-electron chi connectivity index (χ0n) is 22.1. The lowest BCUT2D eigenvalue weighted by Gasteiger charge is -2.25. The molecule has 39 heavy (non-hydrogen) atoms. The monoisotopic (exact) mass is 614 g/mol. The van der Waals surface area contributed by atoms with Crippen molar-refractivity contribution < 1.29 is 28.5 Å². The third kappa shape index (κ3) is 5.84. The fraction of sp³-hybridized carbons (Fsp3) is 0.286. The predicted octanol–water partition coefficient (Wildman–Crippen LogP) is 3.89. The maximum absolute atomic E-state index is 13.9. The van der Waals surface area contributed by atoms with Gasteiger partial charge in [-0.15, -0.1) is 0 Å². The van der Waals surface area contributed by atoms with Crippen LogP contribution < -0.4 is 29.1 Å². The summed E-state index contributed by atoms with van der Waals surface area (Å²) >= 11 is 4.60. The molecule has 1 aliphatic rings. The first-order chi connectivity index (χ1) is 18.7. The van der Waals surface area contributed by atoms with Crippen molar-refractivity contribution in [3.05, 3.63) is 83.0 Å². The minimum atomic E-state index is -0.818. The molecular formula is C28H27BrN2O7S. The average Bonchev–Trinajstić information content (AvgIpc) is 3.19. The van der Waals surface area contributed by atoms with E-state index in [4.69, 9.17) is 18.9 Å². The summed E-state index contributed by atoms with van der Waals surface area (Å²) in [6, 6.07) is 9.64. The first-order valence-electron chi connectivity index (χ1n) is 12.2. The predicted molar refractivity (Wildman–Crippen MR) is 150 cm³/mol. The first-order valence-corrected chi connectivity index (χ1v) is 13.8. The minimum absolute atomic E-state index is 0.242. The van der Waals surface area contributed by atoms with Gasteiger partial charge in [-0.05, 0) is 62.7 Å². The van der Waals surface area contributed by atoms with Gasteiger partial charge >= 0.3 is 11.9 Å². The van der Waals surface area contributed by atoms with Crippen LogP contribution in [0.2, 0.25) is 0 Å². The minimum Gasteiger partial charge on any atom is -0.490 e. The summed E-state index contributed by atoms with van der Waals surface area (Å²) in [5.41, 5.74) is 1.48. The molecular weight excluding hydrogens is 588 g/mol. The van der Waals surface area contributed by atoms with Crippen molar-refractivity contribution in [2.24, 2.45) is 4.99 Å². The molecule has 11 heteroatoms. The molecule has 1 atom stereocenters. The van der Waals surface area contributed by atoms with Gasteiger partial charge in [0.25, 0.3) is 5.56 Å². The van der Waals surface area contributed by atoms with Crippen LogP contribution in [0, 0.1) is 0 Å². The molecule has 9 nitrogen and oxygen atoms in total. The fourth-order valence-corrected chi connectivity index (χ4v) is 5.68. The van der Waals surface area contributed by atoms with E-state index in [-0.39, 0.29) is 11.1 Å². The maximum atomic E-state index is 13.9. The number of allylic oxidation sites excluding steroid dienone is 1. The standard InChI is InChI=1S/C28H27BrN2O7S/c1-6-36-21-10-8-17(13-22(21)37-7-2)25-24(27(34)35-5)15(3)30-28-31(25)26(33)23(39-28)14-18-12-19(29)9-11-20(18)38-16(4)32/h8-14,25H,6-7H2,1-5H3/b23-14-. The number of thiazole rings is 1. The van der Waals surface area contributed by atoms with Crippen molar-refractivity contribution in [2.45, 2.75) is 33.7 Å². The molecule has 1 aromatic heterocycles. The number of hydrogen-bond donors (Lipinski definition) is 0. The molecule has 1 aliphatic heterocycles. The second kappa shape index (κ2) is 12.0. The van der Waals surface area contributed by atoms with Crippen molar-refractivity contribution >= 4 is 45.3 Å². The molecule has 1 unspecified atom stereocenters. The Morgan fingerprint density at radius 2 is 1.77 bits per heavy atom. The van der Waals surface area contributed by atoms with Gasteiger partial charge in [0, 0.05) is 17.0 Å².